The summed E-state index contributed by atoms with van der Waals surface area (Å²) in [7, 11) is 1.10. The van der Waals surface area contributed by atoms with Crippen LogP contribution in [-0.2, 0) is 10.4 Å². The summed E-state index contributed by atoms with van der Waals surface area (Å²) >= 11 is 0. The van der Waals surface area contributed by atoms with Crippen molar-refractivity contribution in [2.45, 2.75) is 17.7 Å². The first-order valence-electron chi connectivity index (χ1n) is 5.03. The lowest BCUT2D eigenvalue weighted by Crippen LogP contribution is -2.59. The van der Waals surface area contributed by atoms with Crippen molar-refractivity contribution in [3.8, 4) is 5.75 Å². The van der Waals surface area contributed by atoms with E-state index in [9.17, 15) is 31.9 Å². The highest BCUT2D eigenvalue weighted by molar-refractivity contribution is 5.81. The summed E-state index contributed by atoms with van der Waals surface area (Å²) in [6, 6.07) is 3.40. The van der Waals surface area contributed by atoms with Crippen molar-refractivity contribution >= 4 is 5.97 Å². The second-order valence-corrected chi connectivity index (χ2v) is 3.82. The van der Waals surface area contributed by atoms with Gasteiger partial charge in [-0.1, -0.05) is 12.1 Å². The summed E-state index contributed by atoms with van der Waals surface area (Å²) in [5.74, 6) is -8.80. The van der Waals surface area contributed by atoms with Crippen LogP contribution in [0.4, 0.5) is 22.0 Å². The highest BCUT2D eigenvalue weighted by Gasteiger charge is 2.74. The third kappa shape index (κ3) is 2.28. The Morgan fingerprint density at radius 2 is 1.75 bits per heavy atom. The molecule has 0 amide bonds. The molecule has 0 aromatic heterocycles. The van der Waals surface area contributed by atoms with Gasteiger partial charge in [0.1, 0.15) is 5.75 Å². The fourth-order valence-corrected chi connectivity index (χ4v) is 1.49. The van der Waals surface area contributed by atoms with Gasteiger partial charge in [0.25, 0.3) is 5.60 Å². The van der Waals surface area contributed by atoms with Gasteiger partial charge in [-0.15, -0.1) is 0 Å². The average molecular weight is 300 g/mol. The number of aliphatic carboxylic acids is 1. The van der Waals surface area contributed by atoms with Crippen LogP contribution in [0.2, 0.25) is 0 Å². The summed E-state index contributed by atoms with van der Waals surface area (Å²) in [4.78, 5) is 10.8. The Labute approximate surface area is 109 Å². The minimum absolute atomic E-state index is 0.180. The molecule has 1 aromatic carbocycles. The summed E-state index contributed by atoms with van der Waals surface area (Å²) in [5.41, 5.74) is -5.61. The topological polar surface area (TPSA) is 66.8 Å². The molecule has 1 unspecified atom stereocenters. The van der Waals surface area contributed by atoms with E-state index >= 15 is 0 Å². The summed E-state index contributed by atoms with van der Waals surface area (Å²) in [6.07, 6.45) is -6.25. The van der Waals surface area contributed by atoms with Gasteiger partial charge in [0, 0.05) is 5.56 Å². The van der Waals surface area contributed by atoms with Crippen LogP contribution in [0.15, 0.2) is 24.3 Å². The molecule has 1 aromatic rings. The molecule has 20 heavy (non-hydrogen) atoms. The Morgan fingerprint density at radius 3 is 2.15 bits per heavy atom. The van der Waals surface area contributed by atoms with Crippen LogP contribution >= 0.6 is 0 Å². The summed E-state index contributed by atoms with van der Waals surface area (Å²) in [5, 5.41) is 18.2. The van der Waals surface area contributed by atoms with Crippen molar-refractivity contribution in [1.29, 1.82) is 0 Å². The zero-order valence-electron chi connectivity index (χ0n) is 9.91. The number of carbonyl (C=O) groups is 1. The van der Waals surface area contributed by atoms with E-state index in [1.54, 1.807) is 0 Å². The minimum Gasteiger partial charge on any atom is -0.497 e. The molecule has 2 N–H and O–H groups in total. The van der Waals surface area contributed by atoms with Crippen molar-refractivity contribution in [3.05, 3.63) is 29.8 Å². The first kappa shape index (κ1) is 16.2. The first-order chi connectivity index (χ1) is 8.98. The third-order valence-electron chi connectivity index (χ3n) is 2.61. The summed E-state index contributed by atoms with van der Waals surface area (Å²) < 4.78 is 68.4. The molecule has 0 aliphatic carbocycles. The zero-order valence-corrected chi connectivity index (χ0v) is 9.91. The predicted molar refractivity (Wildman–Crippen MR) is 55.5 cm³/mol. The zero-order chi connectivity index (χ0) is 15.8. The fraction of sp³-hybridized carbons (Fsp3) is 0.364. The Balaban J connectivity index is 3.54. The van der Waals surface area contributed by atoms with Crippen LogP contribution in [0.1, 0.15) is 5.56 Å². The number of hydrogen-bond donors (Lipinski definition) is 2. The van der Waals surface area contributed by atoms with Crippen molar-refractivity contribution in [2.24, 2.45) is 0 Å². The van der Waals surface area contributed by atoms with Crippen LogP contribution in [-0.4, -0.2) is 35.4 Å². The van der Waals surface area contributed by atoms with Crippen LogP contribution in [0.3, 0.4) is 0 Å². The Bertz CT molecular complexity index is 514. The molecule has 0 saturated heterocycles. The molecule has 112 valence electrons. The number of ether oxygens (including phenoxy) is 1. The van der Waals surface area contributed by atoms with Crippen LogP contribution in [0.25, 0.3) is 0 Å². The molecule has 4 nitrogen and oxygen atoms in total. The van der Waals surface area contributed by atoms with Crippen LogP contribution < -0.4 is 4.74 Å². The number of methoxy groups -OCH3 is 1. The van der Waals surface area contributed by atoms with Crippen molar-refractivity contribution in [3.63, 3.8) is 0 Å². The minimum atomic E-state index is -6.25. The molecule has 0 fully saturated rings. The molecule has 1 atom stereocenters. The third-order valence-corrected chi connectivity index (χ3v) is 2.61. The molecule has 0 spiro atoms. The van der Waals surface area contributed by atoms with Gasteiger partial charge in [0.15, 0.2) is 0 Å². The molecule has 0 aliphatic rings. The van der Waals surface area contributed by atoms with E-state index in [1.807, 2.05) is 0 Å². The van der Waals surface area contributed by atoms with Gasteiger partial charge in [-0.3, -0.25) is 0 Å². The molecule has 0 saturated carbocycles. The predicted octanol–water partition coefficient (Wildman–Crippen LogP) is 2.16. The molecule has 0 heterocycles. The SMILES string of the molecule is COc1cccc(C(O)(C(=O)O)C(F)(F)C(F)(F)F)c1. The molecule has 1 rings (SSSR count). The van der Waals surface area contributed by atoms with E-state index in [0.717, 1.165) is 13.2 Å². The first-order valence-corrected chi connectivity index (χ1v) is 5.03. The number of rotatable bonds is 4. The molecular formula is C11H9F5O4. The Kier molecular flexibility index (Phi) is 3.95. The highest BCUT2D eigenvalue weighted by atomic mass is 19.4. The molecule has 0 radical (unpaired) electrons. The lowest BCUT2D eigenvalue weighted by molar-refractivity contribution is -0.340. The van der Waals surface area contributed by atoms with Gasteiger partial charge in [0.2, 0.25) is 0 Å². The van der Waals surface area contributed by atoms with E-state index in [1.165, 1.54) is 6.07 Å². The van der Waals surface area contributed by atoms with Crippen molar-refractivity contribution in [1.82, 2.24) is 0 Å². The van der Waals surface area contributed by atoms with E-state index in [4.69, 9.17) is 5.11 Å². The maximum atomic E-state index is 13.4. The lowest BCUT2D eigenvalue weighted by atomic mass is 9.86. The number of hydrogen-bond acceptors (Lipinski definition) is 3. The number of alkyl halides is 5. The fourth-order valence-electron chi connectivity index (χ4n) is 1.49. The normalized spacial score (nSPS) is 15.6. The standard InChI is InChI=1S/C11H9F5O4/c1-20-7-4-2-3-6(5-7)9(19,8(17)18)10(12,13)11(14,15)16/h2-5,19H,1H3,(H,17,18). The van der Waals surface area contributed by atoms with Crippen LogP contribution in [0, 0.1) is 0 Å². The van der Waals surface area contributed by atoms with E-state index < -0.39 is 29.2 Å². The molecule has 0 aliphatic heterocycles. The van der Waals surface area contributed by atoms with Gasteiger partial charge in [-0.2, -0.15) is 22.0 Å². The number of carboxylic acids is 1. The maximum absolute atomic E-state index is 13.4. The second kappa shape index (κ2) is 4.89. The van der Waals surface area contributed by atoms with E-state index in [0.29, 0.717) is 12.1 Å². The molecule has 0 bridgehead atoms. The number of halogens is 5. The Hall–Kier alpha value is -1.90. The van der Waals surface area contributed by atoms with Crippen molar-refractivity contribution in [2.75, 3.05) is 7.11 Å². The second-order valence-electron chi connectivity index (χ2n) is 3.82. The van der Waals surface area contributed by atoms with Gasteiger partial charge >= 0.3 is 18.1 Å². The average Bonchev–Trinajstić information content (AvgIpc) is 2.35. The largest absolute Gasteiger partial charge is 0.497 e. The van der Waals surface area contributed by atoms with Crippen LogP contribution in [0.5, 0.6) is 5.75 Å². The highest BCUT2D eigenvalue weighted by Crippen LogP contribution is 2.48. The van der Waals surface area contributed by atoms with E-state index in [2.05, 4.69) is 4.74 Å². The number of benzene rings is 1. The van der Waals surface area contributed by atoms with Gasteiger partial charge in [-0.25, -0.2) is 4.79 Å². The molecule has 9 heteroatoms. The Morgan fingerprint density at radius 1 is 1.20 bits per heavy atom. The molecular weight excluding hydrogens is 291 g/mol. The lowest BCUT2D eigenvalue weighted by Gasteiger charge is -2.33. The smallest absolute Gasteiger partial charge is 0.457 e. The van der Waals surface area contributed by atoms with Crippen molar-refractivity contribution < 1.29 is 41.7 Å². The van der Waals surface area contributed by atoms with Gasteiger partial charge in [-0.05, 0) is 12.1 Å². The monoisotopic (exact) mass is 300 g/mol. The van der Waals surface area contributed by atoms with Gasteiger partial charge in [0.05, 0.1) is 7.11 Å². The van der Waals surface area contributed by atoms with E-state index in [-0.39, 0.29) is 5.75 Å². The number of aliphatic hydroxyl groups is 1. The summed E-state index contributed by atoms with van der Waals surface area (Å²) in [6.45, 7) is 0. The number of carboxylic acid groups (broad SMARTS) is 1. The quantitative estimate of drug-likeness (QED) is 0.836. The maximum Gasteiger partial charge on any atom is 0.457 e. The van der Waals surface area contributed by atoms with Gasteiger partial charge < -0.3 is 14.9 Å².